The van der Waals surface area contributed by atoms with Crippen LogP contribution in [-0.4, -0.2) is 14.2 Å². The van der Waals surface area contributed by atoms with E-state index in [2.05, 4.69) is 44.6 Å². The zero-order chi connectivity index (χ0) is 21.5. The molecule has 4 nitrogen and oxygen atoms in total. The molecule has 30 heavy (non-hydrogen) atoms. The number of hydrogen-bond acceptors (Lipinski definition) is 4. The minimum absolute atomic E-state index is 0.435. The fourth-order valence-corrected chi connectivity index (χ4v) is 3.86. The number of nitriles is 1. The summed E-state index contributed by atoms with van der Waals surface area (Å²) in [5.41, 5.74) is 3.30. The van der Waals surface area contributed by atoms with E-state index in [1.807, 2.05) is 66.7 Å². The van der Waals surface area contributed by atoms with Crippen molar-refractivity contribution in [3.05, 3.63) is 85.4 Å². The predicted molar refractivity (Wildman–Crippen MR) is 131 cm³/mol. The van der Waals surface area contributed by atoms with Crippen LogP contribution in [0.5, 0.6) is 17.2 Å². The first-order valence-corrected chi connectivity index (χ1v) is 10.9. The smallest absolute Gasteiger partial charge is 0.174 e. The van der Waals surface area contributed by atoms with Gasteiger partial charge in [-0.1, -0.05) is 28.1 Å². The molecule has 152 valence electrons. The normalized spacial score (nSPS) is 11.0. The van der Waals surface area contributed by atoms with E-state index in [1.54, 1.807) is 14.2 Å². The Morgan fingerprint density at radius 2 is 1.73 bits per heavy atom. The molecule has 0 saturated heterocycles. The molecule has 0 N–H and O–H groups in total. The van der Waals surface area contributed by atoms with Crippen LogP contribution in [0, 0.1) is 14.9 Å². The molecule has 0 aliphatic carbocycles. The lowest BCUT2D eigenvalue weighted by Gasteiger charge is -2.14. The highest BCUT2D eigenvalue weighted by molar-refractivity contribution is 14.1. The third-order valence-electron chi connectivity index (χ3n) is 4.38. The number of allylic oxidation sites excluding steroid dienone is 1. The van der Waals surface area contributed by atoms with Crippen LogP contribution in [0.3, 0.4) is 0 Å². The van der Waals surface area contributed by atoms with Gasteiger partial charge < -0.3 is 14.2 Å². The molecule has 3 aromatic carbocycles. The van der Waals surface area contributed by atoms with E-state index in [9.17, 15) is 5.26 Å². The molecule has 0 radical (unpaired) electrons. The Bertz CT molecular complexity index is 1090. The Morgan fingerprint density at radius 1 is 1.03 bits per heavy atom. The maximum Gasteiger partial charge on any atom is 0.174 e. The lowest BCUT2D eigenvalue weighted by molar-refractivity contribution is 0.282. The average molecular weight is 576 g/mol. The number of hydrogen-bond donors (Lipinski definition) is 0. The van der Waals surface area contributed by atoms with Crippen molar-refractivity contribution in [2.45, 2.75) is 6.61 Å². The highest BCUT2D eigenvalue weighted by atomic mass is 127. The van der Waals surface area contributed by atoms with E-state index in [0.29, 0.717) is 23.7 Å². The van der Waals surface area contributed by atoms with Crippen molar-refractivity contribution in [1.29, 1.82) is 5.26 Å². The van der Waals surface area contributed by atoms with Gasteiger partial charge >= 0.3 is 0 Å². The summed E-state index contributed by atoms with van der Waals surface area (Å²) in [6.45, 7) is 0.435. The molecular formula is C24H19BrINO3. The van der Waals surface area contributed by atoms with Crippen molar-refractivity contribution >= 4 is 50.2 Å². The molecule has 0 aliphatic heterocycles. The van der Waals surface area contributed by atoms with E-state index in [4.69, 9.17) is 14.2 Å². The first-order valence-electron chi connectivity index (χ1n) is 9.05. The van der Waals surface area contributed by atoms with Gasteiger partial charge in [0.15, 0.2) is 11.5 Å². The molecule has 0 fully saturated rings. The van der Waals surface area contributed by atoms with Crippen LogP contribution >= 0.6 is 38.5 Å². The van der Waals surface area contributed by atoms with E-state index in [-0.39, 0.29) is 0 Å². The average Bonchev–Trinajstić information content (AvgIpc) is 2.77. The highest BCUT2D eigenvalue weighted by Gasteiger charge is 2.12. The summed E-state index contributed by atoms with van der Waals surface area (Å²) >= 11 is 5.66. The Balaban J connectivity index is 1.87. The molecule has 0 unspecified atom stereocenters. The van der Waals surface area contributed by atoms with Crippen LogP contribution in [0.4, 0.5) is 0 Å². The fourth-order valence-electron chi connectivity index (χ4n) is 2.82. The fraction of sp³-hybridized carbons (Fsp3) is 0.125. The summed E-state index contributed by atoms with van der Waals surface area (Å²) < 4.78 is 18.7. The molecule has 0 amide bonds. The maximum atomic E-state index is 9.64. The molecule has 0 heterocycles. The van der Waals surface area contributed by atoms with Gasteiger partial charge in [-0.2, -0.15) is 5.26 Å². The second-order valence-electron chi connectivity index (χ2n) is 6.35. The summed E-state index contributed by atoms with van der Waals surface area (Å²) in [4.78, 5) is 0. The molecular weight excluding hydrogens is 557 g/mol. The molecule has 3 aromatic rings. The van der Waals surface area contributed by atoms with Crippen LogP contribution in [0.15, 0.2) is 65.1 Å². The first kappa shape index (κ1) is 22.2. The van der Waals surface area contributed by atoms with Gasteiger partial charge in [-0.15, -0.1) is 0 Å². The molecule has 0 spiro atoms. The Morgan fingerprint density at radius 3 is 2.33 bits per heavy atom. The molecule has 0 atom stereocenters. The quantitative estimate of drug-likeness (QED) is 0.178. The molecule has 6 heteroatoms. The van der Waals surface area contributed by atoms with Gasteiger partial charge in [0.05, 0.1) is 29.4 Å². The number of methoxy groups -OCH3 is 2. The Kier molecular flexibility index (Phi) is 7.77. The standard InChI is InChI=1S/C24H19BrINO3/c1-28-21-9-5-18(6-10-21)19(14-27)11-17-12-22(26)24(23(13-17)29-2)30-15-16-3-7-20(25)8-4-16/h3-13H,15H2,1-2H3/b19-11+. The topological polar surface area (TPSA) is 51.5 Å². The van der Waals surface area contributed by atoms with Gasteiger partial charge in [0.25, 0.3) is 0 Å². The van der Waals surface area contributed by atoms with Crippen LogP contribution in [0.25, 0.3) is 11.6 Å². The van der Waals surface area contributed by atoms with E-state index < -0.39 is 0 Å². The van der Waals surface area contributed by atoms with Gasteiger partial charge in [0.1, 0.15) is 12.4 Å². The van der Waals surface area contributed by atoms with Gasteiger partial charge in [-0.25, -0.2) is 0 Å². The largest absolute Gasteiger partial charge is 0.497 e. The molecule has 3 rings (SSSR count). The van der Waals surface area contributed by atoms with Crippen LogP contribution < -0.4 is 14.2 Å². The monoisotopic (exact) mass is 575 g/mol. The third kappa shape index (κ3) is 5.55. The van der Waals surface area contributed by atoms with Crippen molar-refractivity contribution in [1.82, 2.24) is 0 Å². The van der Waals surface area contributed by atoms with Gasteiger partial charge in [0, 0.05) is 4.47 Å². The summed E-state index contributed by atoms with van der Waals surface area (Å²) in [6.07, 6.45) is 1.84. The summed E-state index contributed by atoms with van der Waals surface area (Å²) in [5.74, 6) is 2.05. The predicted octanol–water partition coefficient (Wildman–Crippen LogP) is 6.71. The minimum atomic E-state index is 0.435. The van der Waals surface area contributed by atoms with Crippen LogP contribution in [-0.2, 0) is 6.61 Å². The first-order chi connectivity index (χ1) is 14.5. The molecule has 0 aromatic heterocycles. The van der Waals surface area contributed by atoms with Crippen LogP contribution in [0.2, 0.25) is 0 Å². The highest BCUT2D eigenvalue weighted by Crippen LogP contribution is 2.36. The number of halogens is 2. The zero-order valence-corrected chi connectivity index (χ0v) is 20.2. The Labute approximate surface area is 198 Å². The number of ether oxygens (including phenoxy) is 3. The van der Waals surface area contributed by atoms with Crippen molar-refractivity contribution in [2.24, 2.45) is 0 Å². The summed E-state index contributed by atoms with van der Waals surface area (Å²) in [7, 11) is 3.23. The van der Waals surface area contributed by atoms with Crippen molar-refractivity contribution in [2.75, 3.05) is 14.2 Å². The lowest BCUT2D eigenvalue weighted by atomic mass is 10.0. The SMILES string of the molecule is COc1ccc(/C(C#N)=C/c2cc(I)c(OCc3ccc(Br)cc3)c(OC)c2)cc1. The minimum Gasteiger partial charge on any atom is -0.497 e. The number of nitrogens with zero attached hydrogens (tertiary/aromatic N) is 1. The maximum absolute atomic E-state index is 9.64. The van der Waals surface area contributed by atoms with Crippen molar-refractivity contribution in [3.8, 4) is 23.3 Å². The molecule has 0 bridgehead atoms. The van der Waals surface area contributed by atoms with Crippen molar-refractivity contribution < 1.29 is 14.2 Å². The summed E-state index contributed by atoms with van der Waals surface area (Å²) in [6, 6.07) is 21.5. The van der Waals surface area contributed by atoms with Gasteiger partial charge in [-0.3, -0.25) is 0 Å². The van der Waals surface area contributed by atoms with Crippen molar-refractivity contribution in [3.63, 3.8) is 0 Å². The molecule has 0 aliphatic rings. The van der Waals surface area contributed by atoms with Crippen LogP contribution in [0.1, 0.15) is 16.7 Å². The zero-order valence-electron chi connectivity index (χ0n) is 16.5. The number of benzene rings is 3. The van der Waals surface area contributed by atoms with E-state index in [0.717, 1.165) is 30.5 Å². The second-order valence-corrected chi connectivity index (χ2v) is 8.43. The Hall–Kier alpha value is -2.50. The van der Waals surface area contributed by atoms with Gasteiger partial charge in [0.2, 0.25) is 0 Å². The van der Waals surface area contributed by atoms with E-state index in [1.165, 1.54) is 0 Å². The third-order valence-corrected chi connectivity index (χ3v) is 5.71. The molecule has 0 saturated carbocycles. The lowest BCUT2D eigenvalue weighted by Crippen LogP contribution is -2.00. The second kappa shape index (κ2) is 10.5. The van der Waals surface area contributed by atoms with E-state index >= 15 is 0 Å². The summed E-state index contributed by atoms with van der Waals surface area (Å²) in [5, 5.41) is 9.64. The number of rotatable bonds is 7. The van der Waals surface area contributed by atoms with Gasteiger partial charge in [-0.05, 0) is 93.9 Å².